The molecule has 1 rings (SSSR count). The normalized spacial score (nSPS) is 12.0. The van der Waals surface area contributed by atoms with E-state index in [1.807, 2.05) is 13.8 Å². The number of carbonyl (C=O) groups excluding carboxylic acids is 1. The maximum atomic E-state index is 11.6. The molecule has 7 heteroatoms. The lowest BCUT2D eigenvalue weighted by Gasteiger charge is -2.23. The molecule has 0 aliphatic carbocycles. The van der Waals surface area contributed by atoms with Crippen LogP contribution in [0.15, 0.2) is 29.4 Å². The van der Waals surface area contributed by atoms with Crippen molar-refractivity contribution >= 4 is 11.7 Å². The highest BCUT2D eigenvalue weighted by Crippen LogP contribution is 2.12. The minimum absolute atomic E-state index is 0.0149. The van der Waals surface area contributed by atoms with Gasteiger partial charge in [-0.3, -0.25) is 4.79 Å². The van der Waals surface area contributed by atoms with E-state index in [0.29, 0.717) is 17.9 Å². The molecule has 0 radical (unpaired) electrons. The SMILES string of the molecule is COC(C)(C)CNC(=O)COc1ccc(/C(N)=N/O)cc1. The molecule has 1 amide bonds. The third-order valence-electron chi connectivity index (χ3n) is 2.89. The summed E-state index contributed by atoms with van der Waals surface area (Å²) in [6.07, 6.45) is 0. The summed E-state index contributed by atoms with van der Waals surface area (Å²) < 4.78 is 10.5. The number of ether oxygens (including phenoxy) is 2. The van der Waals surface area contributed by atoms with Gasteiger partial charge in [0.2, 0.25) is 0 Å². The molecule has 4 N–H and O–H groups in total. The van der Waals surface area contributed by atoms with E-state index in [-0.39, 0.29) is 18.3 Å². The number of nitrogens with one attached hydrogen (secondary N) is 1. The lowest BCUT2D eigenvalue weighted by atomic mass is 10.1. The largest absolute Gasteiger partial charge is 0.484 e. The van der Waals surface area contributed by atoms with E-state index in [9.17, 15) is 4.79 Å². The van der Waals surface area contributed by atoms with Crippen LogP contribution in [0.1, 0.15) is 19.4 Å². The Morgan fingerprint density at radius 2 is 2.00 bits per heavy atom. The third-order valence-corrected chi connectivity index (χ3v) is 2.89. The molecule has 0 aliphatic heterocycles. The van der Waals surface area contributed by atoms with Crippen molar-refractivity contribution in [2.45, 2.75) is 19.4 Å². The zero-order valence-electron chi connectivity index (χ0n) is 12.4. The molecule has 0 saturated carbocycles. The predicted octanol–water partition coefficient (Wildman–Crippen LogP) is 0.701. The van der Waals surface area contributed by atoms with Crippen molar-refractivity contribution in [2.24, 2.45) is 10.9 Å². The van der Waals surface area contributed by atoms with Crippen LogP contribution in [0, 0.1) is 0 Å². The van der Waals surface area contributed by atoms with Crippen LogP contribution in [0.25, 0.3) is 0 Å². The first-order valence-corrected chi connectivity index (χ1v) is 6.40. The monoisotopic (exact) mass is 295 g/mol. The summed E-state index contributed by atoms with van der Waals surface area (Å²) in [5.41, 5.74) is 5.59. The molecule has 0 bridgehead atoms. The van der Waals surface area contributed by atoms with Crippen LogP contribution in [0.4, 0.5) is 0 Å². The van der Waals surface area contributed by atoms with Crippen LogP contribution < -0.4 is 15.8 Å². The smallest absolute Gasteiger partial charge is 0.258 e. The topological polar surface area (TPSA) is 106 Å². The van der Waals surface area contributed by atoms with E-state index in [1.165, 1.54) is 0 Å². The van der Waals surface area contributed by atoms with Gasteiger partial charge in [0.15, 0.2) is 12.4 Å². The third kappa shape index (κ3) is 5.70. The number of oxime groups is 1. The van der Waals surface area contributed by atoms with Crippen molar-refractivity contribution in [2.75, 3.05) is 20.3 Å². The van der Waals surface area contributed by atoms with Gasteiger partial charge in [0.05, 0.1) is 5.60 Å². The Hall–Kier alpha value is -2.28. The van der Waals surface area contributed by atoms with E-state index in [0.717, 1.165) is 0 Å². The number of rotatable bonds is 7. The Morgan fingerprint density at radius 3 is 2.52 bits per heavy atom. The Bertz CT molecular complexity index is 497. The van der Waals surface area contributed by atoms with Gasteiger partial charge in [-0.15, -0.1) is 0 Å². The fraction of sp³-hybridized carbons (Fsp3) is 0.429. The number of nitrogens with zero attached hydrogens (tertiary/aromatic N) is 1. The van der Waals surface area contributed by atoms with Crippen molar-refractivity contribution in [1.82, 2.24) is 5.32 Å². The van der Waals surface area contributed by atoms with Crippen molar-refractivity contribution < 1.29 is 19.5 Å². The molecule has 0 heterocycles. The Kier molecular flexibility index (Phi) is 5.98. The van der Waals surface area contributed by atoms with Gasteiger partial charge in [-0.05, 0) is 38.1 Å². The van der Waals surface area contributed by atoms with E-state index in [2.05, 4.69) is 10.5 Å². The number of amidine groups is 1. The van der Waals surface area contributed by atoms with Gasteiger partial charge in [-0.1, -0.05) is 5.16 Å². The summed E-state index contributed by atoms with van der Waals surface area (Å²) in [5.74, 6) is 0.298. The highest BCUT2D eigenvalue weighted by atomic mass is 16.5. The number of methoxy groups -OCH3 is 1. The molecule has 0 aliphatic rings. The standard InChI is InChI=1S/C14H21N3O4/c1-14(2,20-3)9-16-12(18)8-21-11-6-4-10(5-7-11)13(15)17-19/h4-7,19H,8-9H2,1-3H3,(H2,15,17)(H,16,18). The highest BCUT2D eigenvalue weighted by Gasteiger charge is 2.17. The Labute approximate surface area is 123 Å². The highest BCUT2D eigenvalue weighted by molar-refractivity contribution is 5.97. The van der Waals surface area contributed by atoms with E-state index < -0.39 is 5.60 Å². The second-order valence-electron chi connectivity index (χ2n) is 5.04. The minimum Gasteiger partial charge on any atom is -0.484 e. The van der Waals surface area contributed by atoms with Crippen molar-refractivity contribution in [3.63, 3.8) is 0 Å². The van der Waals surface area contributed by atoms with Crippen molar-refractivity contribution in [1.29, 1.82) is 0 Å². The van der Waals surface area contributed by atoms with Gasteiger partial charge in [0.25, 0.3) is 5.91 Å². The number of hydrogen-bond acceptors (Lipinski definition) is 5. The number of carbonyl (C=O) groups is 1. The Morgan fingerprint density at radius 1 is 1.38 bits per heavy atom. The van der Waals surface area contributed by atoms with Crippen LogP contribution in [0.2, 0.25) is 0 Å². The Balaban J connectivity index is 2.43. The van der Waals surface area contributed by atoms with Crippen LogP contribution in [-0.2, 0) is 9.53 Å². The number of benzene rings is 1. The number of nitrogens with two attached hydrogens (primary N) is 1. The molecule has 21 heavy (non-hydrogen) atoms. The molecule has 0 fully saturated rings. The van der Waals surface area contributed by atoms with Gasteiger partial charge < -0.3 is 25.7 Å². The molecule has 7 nitrogen and oxygen atoms in total. The molecule has 0 aromatic heterocycles. The summed E-state index contributed by atoms with van der Waals surface area (Å²) in [6.45, 7) is 4.05. The van der Waals surface area contributed by atoms with Gasteiger partial charge >= 0.3 is 0 Å². The molecule has 1 aromatic rings. The second kappa shape index (κ2) is 7.49. The fourth-order valence-corrected chi connectivity index (χ4v) is 1.36. The lowest BCUT2D eigenvalue weighted by molar-refractivity contribution is -0.124. The molecule has 0 atom stereocenters. The van der Waals surface area contributed by atoms with E-state index >= 15 is 0 Å². The fourth-order valence-electron chi connectivity index (χ4n) is 1.36. The summed E-state index contributed by atoms with van der Waals surface area (Å²) in [7, 11) is 1.59. The molecule has 0 spiro atoms. The molecule has 0 saturated heterocycles. The first kappa shape index (κ1) is 16.8. The summed E-state index contributed by atoms with van der Waals surface area (Å²) in [6, 6.07) is 6.55. The van der Waals surface area contributed by atoms with Crippen LogP contribution in [0.3, 0.4) is 0 Å². The zero-order chi connectivity index (χ0) is 15.9. The van der Waals surface area contributed by atoms with E-state index in [1.54, 1.807) is 31.4 Å². The van der Waals surface area contributed by atoms with Gasteiger partial charge in [0, 0.05) is 19.2 Å². The van der Waals surface area contributed by atoms with Crippen LogP contribution in [-0.4, -0.2) is 42.8 Å². The number of hydrogen-bond donors (Lipinski definition) is 3. The summed E-state index contributed by atoms with van der Waals surface area (Å²) >= 11 is 0. The minimum atomic E-state index is -0.418. The average Bonchev–Trinajstić information content (AvgIpc) is 2.50. The zero-order valence-corrected chi connectivity index (χ0v) is 12.4. The first-order valence-electron chi connectivity index (χ1n) is 6.40. The van der Waals surface area contributed by atoms with Crippen molar-refractivity contribution in [3.8, 4) is 5.75 Å². The lowest BCUT2D eigenvalue weighted by Crippen LogP contribution is -2.41. The van der Waals surface area contributed by atoms with Gasteiger partial charge in [-0.2, -0.15) is 0 Å². The van der Waals surface area contributed by atoms with Gasteiger partial charge in [-0.25, -0.2) is 0 Å². The first-order chi connectivity index (χ1) is 9.88. The average molecular weight is 295 g/mol. The predicted molar refractivity (Wildman–Crippen MR) is 78.5 cm³/mol. The molecular formula is C14H21N3O4. The maximum Gasteiger partial charge on any atom is 0.258 e. The van der Waals surface area contributed by atoms with E-state index in [4.69, 9.17) is 20.4 Å². The molecule has 0 unspecified atom stereocenters. The van der Waals surface area contributed by atoms with Crippen molar-refractivity contribution in [3.05, 3.63) is 29.8 Å². The van der Waals surface area contributed by atoms with Gasteiger partial charge in [0.1, 0.15) is 5.75 Å². The van der Waals surface area contributed by atoms with Crippen LogP contribution in [0.5, 0.6) is 5.75 Å². The maximum absolute atomic E-state index is 11.6. The number of amides is 1. The molecular weight excluding hydrogens is 274 g/mol. The van der Waals surface area contributed by atoms with Crippen LogP contribution >= 0.6 is 0 Å². The molecule has 116 valence electrons. The molecule has 1 aromatic carbocycles. The summed E-state index contributed by atoms with van der Waals surface area (Å²) in [4.78, 5) is 11.6. The second-order valence-corrected chi connectivity index (χ2v) is 5.04. The summed E-state index contributed by atoms with van der Waals surface area (Å²) in [5, 5.41) is 14.2. The quantitative estimate of drug-likeness (QED) is 0.297.